The summed E-state index contributed by atoms with van der Waals surface area (Å²) >= 11 is 0. The van der Waals surface area contributed by atoms with E-state index in [0.29, 0.717) is 6.42 Å². The molecule has 0 bridgehead atoms. The van der Waals surface area contributed by atoms with Gasteiger partial charge in [-0.3, -0.25) is 0 Å². The van der Waals surface area contributed by atoms with Crippen molar-refractivity contribution in [1.82, 2.24) is 5.32 Å². The molecule has 0 radical (unpaired) electrons. The van der Waals surface area contributed by atoms with Crippen molar-refractivity contribution in [2.24, 2.45) is 5.92 Å². The summed E-state index contributed by atoms with van der Waals surface area (Å²) in [5.41, 5.74) is -0.531. The van der Waals surface area contributed by atoms with E-state index < -0.39 is 17.2 Å². The summed E-state index contributed by atoms with van der Waals surface area (Å²) in [6, 6.07) is 5.97. The number of nitriles is 1. The number of hydrogen-bond donors (Lipinski definition) is 1. The van der Waals surface area contributed by atoms with Crippen molar-refractivity contribution >= 4 is 0 Å². The fraction of sp³-hybridized carbons (Fsp3) is 0.533. The molecule has 1 aliphatic rings. The molecule has 2 rings (SSSR count). The summed E-state index contributed by atoms with van der Waals surface area (Å²) in [5.74, 6) is -1.59. The highest BCUT2D eigenvalue weighted by Crippen LogP contribution is 2.37. The second kappa shape index (κ2) is 6.19. The average Bonchev–Trinajstić information content (AvgIpc) is 2.85. The van der Waals surface area contributed by atoms with Gasteiger partial charge >= 0.3 is 0 Å². The van der Waals surface area contributed by atoms with Gasteiger partial charge in [-0.05, 0) is 44.4 Å². The predicted molar refractivity (Wildman–Crippen MR) is 71.2 cm³/mol. The van der Waals surface area contributed by atoms with Gasteiger partial charge in [0.05, 0.1) is 12.7 Å². The van der Waals surface area contributed by atoms with Crippen LogP contribution >= 0.6 is 0 Å². The van der Waals surface area contributed by atoms with E-state index in [9.17, 15) is 14.0 Å². The molecule has 0 amide bonds. The molecule has 0 aliphatic heterocycles. The zero-order valence-electron chi connectivity index (χ0n) is 11.5. The van der Waals surface area contributed by atoms with Crippen molar-refractivity contribution in [3.63, 3.8) is 0 Å². The summed E-state index contributed by atoms with van der Waals surface area (Å²) in [6.45, 7) is 0.202. The monoisotopic (exact) mass is 280 g/mol. The molecule has 1 fully saturated rings. The molecule has 2 atom stereocenters. The van der Waals surface area contributed by atoms with E-state index in [1.807, 2.05) is 0 Å². The number of ether oxygens (including phenoxy) is 1. The Hall–Kier alpha value is -1.67. The van der Waals surface area contributed by atoms with E-state index >= 15 is 0 Å². The number of benzene rings is 1. The topological polar surface area (TPSA) is 45.0 Å². The Morgan fingerprint density at radius 3 is 2.75 bits per heavy atom. The summed E-state index contributed by atoms with van der Waals surface area (Å²) in [4.78, 5) is 0. The second-order valence-corrected chi connectivity index (χ2v) is 5.11. The van der Waals surface area contributed by atoms with E-state index in [1.165, 1.54) is 18.2 Å². The Kier molecular flexibility index (Phi) is 4.56. The number of halogens is 2. The Bertz CT molecular complexity index is 495. The van der Waals surface area contributed by atoms with Crippen LogP contribution in [-0.4, -0.2) is 19.2 Å². The van der Waals surface area contributed by atoms with Gasteiger partial charge in [-0.1, -0.05) is 12.5 Å². The van der Waals surface area contributed by atoms with Gasteiger partial charge in [0, 0.05) is 0 Å². The first kappa shape index (κ1) is 14.7. The molecule has 1 saturated carbocycles. The van der Waals surface area contributed by atoms with Crippen molar-refractivity contribution in [3.8, 4) is 11.8 Å². The van der Waals surface area contributed by atoms with Gasteiger partial charge in [0.15, 0.2) is 17.4 Å². The van der Waals surface area contributed by atoms with Gasteiger partial charge in [-0.2, -0.15) is 5.26 Å². The third-order valence-electron chi connectivity index (χ3n) is 4.10. The number of nitrogens with zero attached hydrogens (tertiary/aromatic N) is 1. The SMILES string of the molecule is CNC1(C#N)CCCC1CCOc1c(F)cccc1F. The average molecular weight is 280 g/mol. The molecule has 0 spiro atoms. The first-order valence-electron chi connectivity index (χ1n) is 6.80. The third-order valence-corrected chi connectivity index (χ3v) is 4.10. The third kappa shape index (κ3) is 2.75. The van der Waals surface area contributed by atoms with Gasteiger partial charge in [-0.15, -0.1) is 0 Å². The van der Waals surface area contributed by atoms with Crippen molar-refractivity contribution in [3.05, 3.63) is 29.8 Å². The minimum absolute atomic E-state index is 0.146. The lowest BCUT2D eigenvalue weighted by Crippen LogP contribution is -2.45. The molecule has 20 heavy (non-hydrogen) atoms. The molecule has 3 nitrogen and oxygen atoms in total. The fourth-order valence-corrected chi connectivity index (χ4v) is 2.92. The van der Waals surface area contributed by atoms with Crippen LogP contribution in [0.5, 0.6) is 5.75 Å². The molecule has 0 saturated heterocycles. The Morgan fingerprint density at radius 1 is 1.45 bits per heavy atom. The summed E-state index contributed by atoms with van der Waals surface area (Å²) < 4.78 is 32.0. The molecule has 1 aromatic carbocycles. The molecule has 1 aromatic rings. The van der Waals surface area contributed by atoms with Crippen molar-refractivity contribution in [2.75, 3.05) is 13.7 Å². The standard InChI is InChI=1S/C15H18F2N2O/c1-19-15(10-18)8-3-4-11(15)7-9-20-14-12(16)5-2-6-13(14)17/h2,5-6,11,19H,3-4,7-9H2,1H3. The van der Waals surface area contributed by atoms with Crippen LogP contribution in [0.4, 0.5) is 8.78 Å². The normalized spacial score (nSPS) is 25.4. The summed E-state index contributed by atoms with van der Waals surface area (Å²) in [5, 5.41) is 12.4. The smallest absolute Gasteiger partial charge is 0.190 e. The zero-order valence-corrected chi connectivity index (χ0v) is 11.5. The van der Waals surface area contributed by atoms with E-state index in [1.54, 1.807) is 7.05 Å². The van der Waals surface area contributed by atoms with Crippen LogP contribution in [0.3, 0.4) is 0 Å². The molecule has 2 unspecified atom stereocenters. The molecule has 1 N–H and O–H groups in total. The van der Waals surface area contributed by atoms with Gasteiger partial charge in [0.25, 0.3) is 0 Å². The fourth-order valence-electron chi connectivity index (χ4n) is 2.92. The maximum absolute atomic E-state index is 13.4. The highest BCUT2D eigenvalue weighted by Gasteiger charge is 2.41. The van der Waals surface area contributed by atoms with Crippen molar-refractivity contribution < 1.29 is 13.5 Å². The number of hydrogen-bond acceptors (Lipinski definition) is 3. The number of rotatable bonds is 5. The zero-order chi connectivity index (χ0) is 14.6. The maximum atomic E-state index is 13.4. The number of nitrogens with one attached hydrogen (secondary N) is 1. The lowest BCUT2D eigenvalue weighted by Gasteiger charge is -2.28. The van der Waals surface area contributed by atoms with Crippen LogP contribution in [0.1, 0.15) is 25.7 Å². The molecule has 5 heteroatoms. The number of para-hydroxylation sites is 1. The van der Waals surface area contributed by atoms with E-state index in [0.717, 1.165) is 19.3 Å². The van der Waals surface area contributed by atoms with Crippen LogP contribution in [0.2, 0.25) is 0 Å². The highest BCUT2D eigenvalue weighted by atomic mass is 19.1. The second-order valence-electron chi connectivity index (χ2n) is 5.11. The molecule has 0 heterocycles. The van der Waals surface area contributed by atoms with Crippen LogP contribution in [0, 0.1) is 28.9 Å². The molecular weight excluding hydrogens is 262 g/mol. The molecule has 1 aliphatic carbocycles. The first-order valence-corrected chi connectivity index (χ1v) is 6.80. The lowest BCUT2D eigenvalue weighted by atomic mass is 9.86. The van der Waals surface area contributed by atoms with Gasteiger partial charge in [0.2, 0.25) is 0 Å². The van der Waals surface area contributed by atoms with Gasteiger partial charge in [0.1, 0.15) is 5.54 Å². The van der Waals surface area contributed by atoms with Crippen LogP contribution in [-0.2, 0) is 0 Å². The Balaban J connectivity index is 1.95. The highest BCUT2D eigenvalue weighted by molar-refractivity contribution is 5.26. The minimum Gasteiger partial charge on any atom is -0.488 e. The minimum atomic E-state index is -0.698. The quantitative estimate of drug-likeness (QED) is 0.901. The predicted octanol–water partition coefficient (Wildman–Crippen LogP) is 3.02. The van der Waals surface area contributed by atoms with Crippen molar-refractivity contribution in [2.45, 2.75) is 31.2 Å². The van der Waals surface area contributed by atoms with Gasteiger partial charge in [-0.25, -0.2) is 8.78 Å². The van der Waals surface area contributed by atoms with E-state index in [4.69, 9.17) is 4.74 Å². The van der Waals surface area contributed by atoms with Crippen LogP contribution in [0.15, 0.2) is 18.2 Å². The maximum Gasteiger partial charge on any atom is 0.190 e. The van der Waals surface area contributed by atoms with Crippen LogP contribution in [0.25, 0.3) is 0 Å². The molecule has 108 valence electrons. The molecular formula is C15H18F2N2O. The Morgan fingerprint density at radius 2 is 2.15 bits per heavy atom. The largest absolute Gasteiger partial charge is 0.488 e. The first-order chi connectivity index (χ1) is 9.63. The summed E-state index contributed by atoms with van der Waals surface area (Å²) in [7, 11) is 1.78. The van der Waals surface area contributed by atoms with E-state index in [2.05, 4.69) is 11.4 Å². The lowest BCUT2D eigenvalue weighted by molar-refractivity contribution is 0.225. The van der Waals surface area contributed by atoms with Crippen LogP contribution < -0.4 is 10.1 Å². The summed E-state index contributed by atoms with van der Waals surface area (Å²) in [6.07, 6.45) is 3.31. The van der Waals surface area contributed by atoms with E-state index in [-0.39, 0.29) is 18.3 Å². The van der Waals surface area contributed by atoms with Gasteiger partial charge < -0.3 is 10.1 Å². The Labute approximate surface area is 117 Å². The van der Waals surface area contributed by atoms with Crippen molar-refractivity contribution in [1.29, 1.82) is 5.26 Å². The molecule has 0 aromatic heterocycles.